The van der Waals surface area contributed by atoms with Gasteiger partial charge in [-0.3, -0.25) is 10.1 Å². The van der Waals surface area contributed by atoms with Crippen molar-refractivity contribution in [2.75, 3.05) is 5.32 Å². The van der Waals surface area contributed by atoms with Crippen LogP contribution in [0, 0.1) is 6.92 Å². The van der Waals surface area contributed by atoms with Crippen LogP contribution in [0.3, 0.4) is 0 Å². The summed E-state index contributed by atoms with van der Waals surface area (Å²) in [6.07, 6.45) is 0. The number of halogens is 1. The molecule has 3 aromatic rings. The van der Waals surface area contributed by atoms with Gasteiger partial charge in [0.2, 0.25) is 5.13 Å². The molecule has 3 rings (SSSR count). The summed E-state index contributed by atoms with van der Waals surface area (Å²) in [5, 5.41) is 18.5. The van der Waals surface area contributed by atoms with Crippen molar-refractivity contribution in [2.24, 2.45) is 0 Å². The van der Waals surface area contributed by atoms with Crippen LogP contribution in [0.25, 0.3) is 5.69 Å². The van der Waals surface area contributed by atoms with Crippen LogP contribution in [-0.4, -0.2) is 31.1 Å². The van der Waals surface area contributed by atoms with Gasteiger partial charge in [-0.25, -0.2) is 4.68 Å². The van der Waals surface area contributed by atoms with Crippen molar-refractivity contribution in [2.45, 2.75) is 6.92 Å². The van der Waals surface area contributed by atoms with Gasteiger partial charge in [-0.15, -0.1) is 15.3 Å². The normalized spacial score (nSPS) is 10.6. The Kier molecular flexibility index (Phi) is 3.76. The lowest BCUT2D eigenvalue weighted by Crippen LogP contribution is -2.14. The first-order valence-electron chi connectivity index (χ1n) is 5.91. The Bertz CT molecular complexity index is 785. The molecule has 2 heterocycles. The second kappa shape index (κ2) is 5.70. The van der Waals surface area contributed by atoms with Crippen molar-refractivity contribution in [3.8, 4) is 5.69 Å². The molecule has 0 fully saturated rings. The molecule has 0 aliphatic rings. The molecule has 0 atom stereocenters. The lowest BCUT2D eigenvalue weighted by molar-refractivity contribution is 0.102. The molecule has 7 nitrogen and oxygen atoms in total. The zero-order chi connectivity index (χ0) is 14.8. The number of hydrogen-bond acceptors (Lipinski definition) is 6. The summed E-state index contributed by atoms with van der Waals surface area (Å²) in [5.41, 5.74) is 3.27. The number of benzene rings is 1. The maximum Gasteiger partial charge on any atom is 0.279 e. The van der Waals surface area contributed by atoms with Gasteiger partial charge in [0.1, 0.15) is 5.51 Å². The lowest BCUT2D eigenvalue weighted by atomic mass is 10.3. The van der Waals surface area contributed by atoms with Gasteiger partial charge in [-0.2, -0.15) is 0 Å². The number of hydrogen-bond donors (Lipinski definition) is 1. The number of aromatic nitrogens is 5. The molecular formula is C12H9BrN6OS. The first-order chi connectivity index (χ1) is 10.1. The van der Waals surface area contributed by atoms with Crippen LogP contribution >= 0.6 is 27.3 Å². The Morgan fingerprint density at radius 2 is 2.24 bits per heavy atom. The SMILES string of the molecule is Cc1c(C(=O)Nc2nncs2)nnn1-c1cccc(Br)c1. The quantitative estimate of drug-likeness (QED) is 0.771. The van der Waals surface area contributed by atoms with Gasteiger partial charge in [0.25, 0.3) is 5.91 Å². The third-order valence-corrected chi connectivity index (χ3v) is 3.84. The monoisotopic (exact) mass is 364 g/mol. The third-order valence-electron chi connectivity index (χ3n) is 2.74. The predicted molar refractivity (Wildman–Crippen MR) is 81.7 cm³/mol. The molecule has 0 bridgehead atoms. The number of amides is 1. The predicted octanol–water partition coefficient (Wildman–Crippen LogP) is 2.44. The highest BCUT2D eigenvalue weighted by Crippen LogP contribution is 2.18. The van der Waals surface area contributed by atoms with E-state index in [0.717, 1.165) is 10.2 Å². The van der Waals surface area contributed by atoms with Gasteiger partial charge >= 0.3 is 0 Å². The molecule has 0 aliphatic heterocycles. The van der Waals surface area contributed by atoms with Crippen molar-refractivity contribution in [3.05, 3.63) is 45.6 Å². The van der Waals surface area contributed by atoms with E-state index in [2.05, 4.69) is 41.8 Å². The molecule has 1 N–H and O–H groups in total. The van der Waals surface area contributed by atoms with Gasteiger partial charge in [0.15, 0.2) is 5.69 Å². The fourth-order valence-electron chi connectivity index (χ4n) is 1.78. The highest BCUT2D eigenvalue weighted by molar-refractivity contribution is 9.10. The van der Waals surface area contributed by atoms with E-state index in [1.807, 2.05) is 24.3 Å². The van der Waals surface area contributed by atoms with Crippen LogP contribution in [0.1, 0.15) is 16.2 Å². The molecule has 0 aliphatic carbocycles. The van der Waals surface area contributed by atoms with Gasteiger partial charge < -0.3 is 0 Å². The Labute approximate surface area is 132 Å². The standard InChI is InChI=1S/C12H9BrN6OS/c1-7-10(11(20)15-12-17-14-6-21-12)16-18-19(7)9-4-2-3-8(13)5-9/h2-6H,1H3,(H,15,17,20). The van der Waals surface area contributed by atoms with Crippen LogP contribution in [0.2, 0.25) is 0 Å². The van der Waals surface area contributed by atoms with Crippen molar-refractivity contribution in [1.82, 2.24) is 25.2 Å². The molecule has 0 saturated heterocycles. The number of rotatable bonds is 3. The minimum Gasteiger partial charge on any atom is -0.295 e. The second-order valence-corrected chi connectivity index (χ2v) is 5.86. The van der Waals surface area contributed by atoms with Crippen molar-refractivity contribution >= 4 is 38.3 Å². The molecule has 21 heavy (non-hydrogen) atoms. The first-order valence-corrected chi connectivity index (χ1v) is 7.58. The summed E-state index contributed by atoms with van der Waals surface area (Å²) in [4.78, 5) is 12.1. The molecule has 0 unspecified atom stereocenters. The summed E-state index contributed by atoms with van der Waals surface area (Å²) < 4.78 is 2.54. The van der Waals surface area contributed by atoms with Crippen LogP contribution < -0.4 is 5.32 Å². The molecule has 106 valence electrons. The molecule has 1 aromatic carbocycles. The number of carbonyl (C=O) groups is 1. The van der Waals surface area contributed by atoms with E-state index in [0.29, 0.717) is 10.8 Å². The van der Waals surface area contributed by atoms with Crippen LogP contribution in [0.4, 0.5) is 5.13 Å². The van der Waals surface area contributed by atoms with E-state index in [1.54, 1.807) is 17.1 Å². The molecule has 0 spiro atoms. The average Bonchev–Trinajstić information content (AvgIpc) is 3.08. The Morgan fingerprint density at radius 1 is 1.38 bits per heavy atom. The molecule has 9 heteroatoms. The lowest BCUT2D eigenvalue weighted by Gasteiger charge is -2.04. The summed E-state index contributed by atoms with van der Waals surface area (Å²) in [6.45, 7) is 1.79. The fourth-order valence-corrected chi connectivity index (χ4v) is 2.60. The fraction of sp³-hybridized carbons (Fsp3) is 0.0833. The van der Waals surface area contributed by atoms with E-state index >= 15 is 0 Å². The molecular weight excluding hydrogens is 356 g/mol. The van der Waals surface area contributed by atoms with Crippen molar-refractivity contribution in [1.29, 1.82) is 0 Å². The summed E-state index contributed by atoms with van der Waals surface area (Å²) >= 11 is 4.65. The molecule has 0 radical (unpaired) electrons. The Morgan fingerprint density at radius 3 is 2.95 bits per heavy atom. The highest BCUT2D eigenvalue weighted by atomic mass is 79.9. The number of carbonyl (C=O) groups excluding carboxylic acids is 1. The zero-order valence-corrected chi connectivity index (χ0v) is 13.2. The topological polar surface area (TPSA) is 85.6 Å². The smallest absolute Gasteiger partial charge is 0.279 e. The Balaban J connectivity index is 1.90. The third kappa shape index (κ3) is 2.83. The minimum absolute atomic E-state index is 0.255. The number of nitrogens with one attached hydrogen (secondary N) is 1. The van der Waals surface area contributed by atoms with E-state index in [9.17, 15) is 4.79 Å². The first kappa shape index (κ1) is 13.8. The Hall–Kier alpha value is -2.13. The summed E-state index contributed by atoms with van der Waals surface area (Å²) in [7, 11) is 0. The molecule has 2 aromatic heterocycles. The summed E-state index contributed by atoms with van der Waals surface area (Å²) in [5.74, 6) is -0.356. The maximum absolute atomic E-state index is 12.1. The van der Waals surface area contributed by atoms with Gasteiger partial charge in [-0.05, 0) is 25.1 Å². The molecule has 1 amide bonds. The van der Waals surface area contributed by atoms with E-state index in [1.165, 1.54) is 11.3 Å². The van der Waals surface area contributed by atoms with Crippen molar-refractivity contribution < 1.29 is 4.79 Å². The van der Waals surface area contributed by atoms with E-state index < -0.39 is 0 Å². The highest BCUT2D eigenvalue weighted by Gasteiger charge is 2.18. The largest absolute Gasteiger partial charge is 0.295 e. The molecule has 0 saturated carbocycles. The number of anilines is 1. The maximum atomic E-state index is 12.1. The van der Waals surface area contributed by atoms with E-state index in [4.69, 9.17) is 0 Å². The van der Waals surface area contributed by atoms with Crippen LogP contribution in [0.15, 0.2) is 34.2 Å². The van der Waals surface area contributed by atoms with Gasteiger partial charge in [-0.1, -0.05) is 38.5 Å². The number of nitrogens with zero attached hydrogens (tertiary/aromatic N) is 5. The van der Waals surface area contributed by atoms with Gasteiger partial charge in [0, 0.05) is 4.47 Å². The van der Waals surface area contributed by atoms with Crippen LogP contribution in [0.5, 0.6) is 0 Å². The minimum atomic E-state index is -0.356. The van der Waals surface area contributed by atoms with Crippen molar-refractivity contribution in [3.63, 3.8) is 0 Å². The van der Waals surface area contributed by atoms with E-state index in [-0.39, 0.29) is 11.6 Å². The second-order valence-electron chi connectivity index (χ2n) is 4.11. The zero-order valence-electron chi connectivity index (χ0n) is 10.8. The summed E-state index contributed by atoms with van der Waals surface area (Å²) in [6, 6.07) is 7.59. The van der Waals surface area contributed by atoms with Crippen LogP contribution in [-0.2, 0) is 0 Å². The van der Waals surface area contributed by atoms with Gasteiger partial charge in [0.05, 0.1) is 11.4 Å². The average molecular weight is 365 g/mol.